The number of carbonyl (C=O) groups is 1. The largest absolute Gasteiger partial charge is 0.481 e. The number of halogens is 3. The zero-order valence-corrected chi connectivity index (χ0v) is 11.9. The lowest BCUT2D eigenvalue weighted by Gasteiger charge is -2.06. The van der Waals surface area contributed by atoms with Gasteiger partial charge >= 0.3 is 5.97 Å². The molecule has 1 aromatic heterocycles. The minimum Gasteiger partial charge on any atom is -0.481 e. The first-order valence-electron chi connectivity index (χ1n) is 3.73. The Morgan fingerprint density at radius 1 is 1.57 bits per heavy atom. The van der Waals surface area contributed by atoms with Gasteiger partial charge in [-0.1, -0.05) is 6.92 Å². The van der Waals surface area contributed by atoms with Crippen molar-refractivity contribution in [2.75, 3.05) is 0 Å². The molecule has 0 spiro atoms. The van der Waals surface area contributed by atoms with Crippen molar-refractivity contribution in [2.24, 2.45) is 5.92 Å². The van der Waals surface area contributed by atoms with Crippen LogP contribution in [0.4, 0.5) is 0 Å². The fourth-order valence-corrected chi connectivity index (χ4v) is 2.19. The van der Waals surface area contributed by atoms with E-state index in [-0.39, 0.29) is 0 Å². The summed E-state index contributed by atoms with van der Waals surface area (Å²) >= 11 is 9.85. The molecule has 0 aromatic carbocycles. The first-order valence-corrected chi connectivity index (χ1v) is 6.11. The van der Waals surface area contributed by atoms with Crippen LogP contribution in [-0.2, 0) is 11.3 Å². The van der Waals surface area contributed by atoms with Crippen LogP contribution in [-0.4, -0.2) is 20.9 Å². The Bertz CT molecular complexity index is 364. The summed E-state index contributed by atoms with van der Waals surface area (Å²) in [6, 6.07) is 0. The maximum atomic E-state index is 10.6. The average molecular weight is 391 g/mol. The van der Waals surface area contributed by atoms with E-state index < -0.39 is 11.9 Å². The molecule has 0 saturated heterocycles. The molecule has 0 radical (unpaired) electrons. The number of nitrogens with zero attached hydrogens (tertiary/aromatic N) is 2. The Labute approximate surface area is 106 Å². The van der Waals surface area contributed by atoms with Gasteiger partial charge in [0, 0.05) is 0 Å². The molecule has 1 rings (SSSR count). The predicted molar refractivity (Wildman–Crippen MR) is 62.1 cm³/mol. The van der Waals surface area contributed by atoms with E-state index in [0.29, 0.717) is 11.1 Å². The summed E-state index contributed by atoms with van der Waals surface area (Å²) in [5.41, 5.74) is 0. The van der Waals surface area contributed by atoms with Gasteiger partial charge in [-0.15, -0.1) is 0 Å². The average Bonchev–Trinajstić information content (AvgIpc) is 2.33. The Hall–Kier alpha value is 0.120. The first kappa shape index (κ1) is 12.2. The quantitative estimate of drug-likeness (QED) is 0.863. The third-order valence-corrected chi connectivity index (χ3v) is 4.84. The summed E-state index contributed by atoms with van der Waals surface area (Å²) in [7, 11) is 0. The van der Waals surface area contributed by atoms with Gasteiger partial charge in [0.15, 0.2) is 0 Å². The van der Waals surface area contributed by atoms with Crippen molar-refractivity contribution >= 4 is 53.8 Å². The van der Waals surface area contributed by atoms with Gasteiger partial charge in [-0.25, -0.2) is 0 Å². The molecule has 1 heterocycles. The highest BCUT2D eigenvalue weighted by Crippen LogP contribution is 2.30. The molecule has 1 unspecified atom stereocenters. The van der Waals surface area contributed by atoms with E-state index in [0.717, 1.165) is 9.08 Å². The number of rotatable bonds is 3. The zero-order chi connectivity index (χ0) is 10.9. The molecule has 0 bridgehead atoms. The van der Waals surface area contributed by atoms with Crippen molar-refractivity contribution in [1.82, 2.24) is 9.78 Å². The van der Waals surface area contributed by atoms with Crippen molar-refractivity contribution in [1.29, 1.82) is 0 Å². The second-order valence-electron chi connectivity index (χ2n) is 2.82. The number of aromatic nitrogens is 2. The monoisotopic (exact) mass is 388 g/mol. The van der Waals surface area contributed by atoms with Crippen LogP contribution in [0.3, 0.4) is 0 Å². The van der Waals surface area contributed by atoms with Crippen LogP contribution in [0.15, 0.2) is 13.7 Å². The zero-order valence-electron chi connectivity index (χ0n) is 7.17. The van der Waals surface area contributed by atoms with Gasteiger partial charge in [-0.05, 0) is 47.8 Å². The van der Waals surface area contributed by atoms with E-state index in [9.17, 15) is 4.79 Å². The van der Waals surface area contributed by atoms with Crippen LogP contribution in [0, 0.1) is 5.92 Å². The topological polar surface area (TPSA) is 55.1 Å². The molecule has 0 aliphatic rings. The van der Waals surface area contributed by atoms with Crippen molar-refractivity contribution in [3.8, 4) is 0 Å². The second-order valence-corrected chi connectivity index (χ2v) is 5.11. The number of hydrogen-bond acceptors (Lipinski definition) is 2. The second kappa shape index (κ2) is 4.76. The van der Waals surface area contributed by atoms with E-state index in [4.69, 9.17) is 5.11 Å². The number of carboxylic acid groups (broad SMARTS) is 1. The van der Waals surface area contributed by atoms with Crippen LogP contribution < -0.4 is 0 Å². The lowest BCUT2D eigenvalue weighted by molar-refractivity contribution is -0.141. The Kier molecular flexibility index (Phi) is 4.15. The summed E-state index contributed by atoms with van der Waals surface area (Å²) in [5, 5.41) is 12.8. The molecular weight excluding hydrogens is 384 g/mol. The molecule has 1 aromatic rings. The summed E-state index contributed by atoms with van der Waals surface area (Å²) < 4.78 is 3.77. The first-order chi connectivity index (χ1) is 6.43. The van der Waals surface area contributed by atoms with E-state index >= 15 is 0 Å². The van der Waals surface area contributed by atoms with E-state index in [1.165, 1.54) is 0 Å². The van der Waals surface area contributed by atoms with Gasteiger partial charge in [-0.2, -0.15) is 5.10 Å². The highest BCUT2D eigenvalue weighted by molar-refractivity contribution is 9.14. The summed E-state index contributed by atoms with van der Waals surface area (Å²) in [6.07, 6.45) is 0. The number of aliphatic carboxylic acids is 1. The summed E-state index contributed by atoms with van der Waals surface area (Å²) in [5.74, 6) is -1.30. The standard InChI is InChI=1S/C7H7Br3N2O2/c1-3(7(13)14)2-12-6(10)4(8)5(9)11-12/h3H,2H2,1H3,(H,13,14). The van der Waals surface area contributed by atoms with Gasteiger partial charge in [0.25, 0.3) is 0 Å². The highest BCUT2D eigenvalue weighted by atomic mass is 79.9. The molecule has 0 amide bonds. The van der Waals surface area contributed by atoms with Crippen LogP contribution in [0.1, 0.15) is 6.92 Å². The lowest BCUT2D eigenvalue weighted by Crippen LogP contribution is -2.17. The molecule has 7 heteroatoms. The molecule has 1 atom stereocenters. The van der Waals surface area contributed by atoms with Crippen LogP contribution in [0.5, 0.6) is 0 Å². The third kappa shape index (κ3) is 2.58. The smallest absolute Gasteiger partial charge is 0.308 e. The Morgan fingerprint density at radius 2 is 2.14 bits per heavy atom. The molecule has 78 valence electrons. The minimum absolute atomic E-state index is 0.333. The van der Waals surface area contributed by atoms with Crippen LogP contribution >= 0.6 is 47.8 Å². The summed E-state index contributed by atoms with van der Waals surface area (Å²) in [6.45, 7) is 1.97. The van der Waals surface area contributed by atoms with E-state index in [1.54, 1.807) is 11.6 Å². The minimum atomic E-state index is -0.834. The van der Waals surface area contributed by atoms with Gasteiger partial charge < -0.3 is 5.11 Å². The maximum absolute atomic E-state index is 10.6. The highest BCUT2D eigenvalue weighted by Gasteiger charge is 2.17. The lowest BCUT2D eigenvalue weighted by atomic mass is 10.2. The van der Waals surface area contributed by atoms with Crippen molar-refractivity contribution in [2.45, 2.75) is 13.5 Å². The Balaban J connectivity index is 2.87. The normalized spacial score (nSPS) is 12.9. The SMILES string of the molecule is CC(Cn1nc(Br)c(Br)c1Br)C(=O)O. The van der Waals surface area contributed by atoms with Crippen molar-refractivity contribution in [3.63, 3.8) is 0 Å². The van der Waals surface area contributed by atoms with Crippen molar-refractivity contribution in [3.05, 3.63) is 13.7 Å². The summed E-state index contributed by atoms with van der Waals surface area (Å²) in [4.78, 5) is 10.6. The van der Waals surface area contributed by atoms with E-state index in [1.807, 2.05) is 0 Å². The van der Waals surface area contributed by atoms with Gasteiger partial charge in [-0.3, -0.25) is 9.48 Å². The van der Waals surface area contributed by atoms with Crippen molar-refractivity contribution < 1.29 is 9.90 Å². The fourth-order valence-electron chi connectivity index (χ4n) is 0.851. The number of carboxylic acids is 1. The molecule has 14 heavy (non-hydrogen) atoms. The van der Waals surface area contributed by atoms with Gasteiger partial charge in [0.05, 0.1) is 16.9 Å². The molecular formula is C7H7Br3N2O2. The fraction of sp³-hybridized carbons (Fsp3) is 0.429. The molecule has 0 aliphatic carbocycles. The molecule has 0 fully saturated rings. The number of hydrogen-bond donors (Lipinski definition) is 1. The molecule has 1 N–H and O–H groups in total. The van der Waals surface area contributed by atoms with Gasteiger partial charge in [0.2, 0.25) is 0 Å². The maximum Gasteiger partial charge on any atom is 0.308 e. The van der Waals surface area contributed by atoms with E-state index in [2.05, 4.69) is 52.9 Å². The molecule has 0 aliphatic heterocycles. The van der Waals surface area contributed by atoms with Crippen LogP contribution in [0.2, 0.25) is 0 Å². The molecule has 0 saturated carbocycles. The molecule has 4 nitrogen and oxygen atoms in total. The van der Waals surface area contributed by atoms with Gasteiger partial charge in [0.1, 0.15) is 9.21 Å². The van der Waals surface area contributed by atoms with Crippen LogP contribution in [0.25, 0.3) is 0 Å². The predicted octanol–water partition coefficient (Wildman–Crippen LogP) is 2.89. The Morgan fingerprint density at radius 3 is 2.50 bits per heavy atom. The third-order valence-electron chi connectivity index (χ3n) is 1.67.